The molecule has 0 bridgehead atoms. The number of piperidine rings is 1. The number of rotatable bonds is 3. The number of hydrogen-bond donors (Lipinski definition) is 1. The van der Waals surface area contributed by atoms with Crippen LogP contribution in [0.5, 0.6) is 0 Å². The van der Waals surface area contributed by atoms with Crippen LogP contribution in [0.1, 0.15) is 35.9 Å². The fraction of sp³-hybridized carbons (Fsp3) is 0.571. The Morgan fingerprint density at radius 2 is 2.05 bits per heavy atom. The number of aryl methyl sites for hydroxylation is 1. The molecule has 0 radical (unpaired) electrons. The second-order valence-corrected chi connectivity index (χ2v) is 4.99. The molecule has 21 heavy (non-hydrogen) atoms. The van der Waals surface area contributed by atoms with Gasteiger partial charge in [0.1, 0.15) is 0 Å². The highest BCUT2D eigenvalue weighted by Crippen LogP contribution is 2.12. The molecule has 7 nitrogen and oxygen atoms in total. The molecule has 1 aromatic rings. The number of nitrogens with one attached hydrogen (secondary N) is 1. The van der Waals surface area contributed by atoms with Crippen LogP contribution in [0.3, 0.4) is 0 Å². The molecule has 0 atom stereocenters. The Bertz CT molecular complexity index is 495. The first-order valence-corrected chi connectivity index (χ1v) is 7.13. The third-order valence-electron chi connectivity index (χ3n) is 3.39. The van der Waals surface area contributed by atoms with Crippen LogP contribution in [0.25, 0.3) is 0 Å². The van der Waals surface area contributed by atoms with Gasteiger partial charge in [-0.25, -0.2) is 4.79 Å². The van der Waals surface area contributed by atoms with Crippen molar-refractivity contribution in [3.8, 4) is 0 Å². The third-order valence-corrected chi connectivity index (χ3v) is 3.39. The van der Waals surface area contributed by atoms with Crippen LogP contribution in [-0.2, 0) is 4.74 Å². The first-order valence-electron chi connectivity index (χ1n) is 7.13. The van der Waals surface area contributed by atoms with Gasteiger partial charge in [-0.1, -0.05) is 0 Å². The molecule has 1 saturated heterocycles. The number of ether oxygens (including phenoxy) is 1. The molecule has 0 unspecified atom stereocenters. The van der Waals surface area contributed by atoms with E-state index in [4.69, 9.17) is 4.74 Å². The predicted octanol–water partition coefficient (Wildman–Crippen LogP) is 1.14. The van der Waals surface area contributed by atoms with Gasteiger partial charge in [0.15, 0.2) is 5.69 Å². The lowest BCUT2D eigenvalue weighted by molar-refractivity contribution is 0.0856. The molecule has 1 aliphatic heterocycles. The smallest absolute Gasteiger partial charge is 0.409 e. The predicted molar refractivity (Wildman–Crippen MR) is 75.9 cm³/mol. The summed E-state index contributed by atoms with van der Waals surface area (Å²) in [7, 11) is 0. The molecule has 2 heterocycles. The van der Waals surface area contributed by atoms with Crippen LogP contribution in [0.4, 0.5) is 4.79 Å². The Morgan fingerprint density at radius 3 is 2.62 bits per heavy atom. The van der Waals surface area contributed by atoms with Crippen LogP contribution < -0.4 is 5.32 Å². The topological polar surface area (TPSA) is 84.4 Å². The van der Waals surface area contributed by atoms with Crippen LogP contribution in [0, 0.1) is 6.92 Å². The van der Waals surface area contributed by atoms with E-state index in [2.05, 4.69) is 15.5 Å². The largest absolute Gasteiger partial charge is 0.450 e. The van der Waals surface area contributed by atoms with Gasteiger partial charge in [0.25, 0.3) is 5.91 Å². The zero-order valence-electron chi connectivity index (χ0n) is 12.3. The first kappa shape index (κ1) is 15.2. The van der Waals surface area contributed by atoms with E-state index in [-0.39, 0.29) is 18.0 Å². The molecule has 0 spiro atoms. The fourth-order valence-corrected chi connectivity index (χ4v) is 2.20. The van der Waals surface area contributed by atoms with E-state index < -0.39 is 0 Å². The molecular weight excluding hydrogens is 272 g/mol. The number of hydrogen-bond acceptors (Lipinski definition) is 5. The van der Waals surface area contributed by atoms with Crippen molar-refractivity contribution in [3.63, 3.8) is 0 Å². The minimum absolute atomic E-state index is 0.0475. The molecule has 0 aromatic carbocycles. The molecule has 0 saturated carbocycles. The number of carbonyl (C=O) groups excluding carboxylic acids is 2. The summed E-state index contributed by atoms with van der Waals surface area (Å²) in [6, 6.07) is 3.46. The molecule has 2 rings (SSSR count). The molecule has 7 heteroatoms. The van der Waals surface area contributed by atoms with Crippen LogP contribution >= 0.6 is 0 Å². The van der Waals surface area contributed by atoms with Gasteiger partial charge >= 0.3 is 6.09 Å². The quantitative estimate of drug-likeness (QED) is 0.903. The van der Waals surface area contributed by atoms with Crippen LogP contribution in [-0.4, -0.2) is 52.8 Å². The first-order chi connectivity index (χ1) is 10.1. The second kappa shape index (κ2) is 7.01. The highest BCUT2D eigenvalue weighted by molar-refractivity contribution is 5.92. The van der Waals surface area contributed by atoms with Crippen LogP contribution in [0.15, 0.2) is 12.1 Å². The van der Waals surface area contributed by atoms with Gasteiger partial charge in [0.2, 0.25) is 0 Å². The van der Waals surface area contributed by atoms with Crippen molar-refractivity contribution in [2.24, 2.45) is 0 Å². The summed E-state index contributed by atoms with van der Waals surface area (Å²) >= 11 is 0. The molecular formula is C14H20N4O3. The number of likely N-dealkylation sites (tertiary alicyclic amines) is 1. The summed E-state index contributed by atoms with van der Waals surface area (Å²) in [5.41, 5.74) is 1.09. The summed E-state index contributed by atoms with van der Waals surface area (Å²) in [4.78, 5) is 25.3. The second-order valence-electron chi connectivity index (χ2n) is 4.99. The van der Waals surface area contributed by atoms with E-state index in [0.29, 0.717) is 38.2 Å². The van der Waals surface area contributed by atoms with Crippen molar-refractivity contribution < 1.29 is 14.3 Å². The number of carbonyl (C=O) groups is 2. The lowest BCUT2D eigenvalue weighted by Crippen LogP contribution is -2.46. The normalized spacial score (nSPS) is 15.6. The molecule has 1 fully saturated rings. The monoisotopic (exact) mass is 292 g/mol. The average Bonchev–Trinajstić information content (AvgIpc) is 2.49. The summed E-state index contributed by atoms with van der Waals surface area (Å²) < 4.78 is 4.96. The van der Waals surface area contributed by atoms with Crippen molar-refractivity contribution >= 4 is 12.0 Å². The number of nitrogens with zero attached hydrogens (tertiary/aromatic N) is 3. The lowest BCUT2D eigenvalue weighted by Gasteiger charge is -2.31. The van der Waals surface area contributed by atoms with Gasteiger partial charge in [-0.3, -0.25) is 4.79 Å². The Hall–Kier alpha value is -2.18. The van der Waals surface area contributed by atoms with Gasteiger partial charge < -0.3 is 15.0 Å². The maximum absolute atomic E-state index is 12.0. The SMILES string of the molecule is CCOC(=O)N1CCC(NC(=O)c2ccc(C)nn2)CC1. The van der Waals surface area contributed by atoms with Gasteiger partial charge in [0, 0.05) is 19.1 Å². The highest BCUT2D eigenvalue weighted by atomic mass is 16.6. The minimum atomic E-state index is -0.285. The van der Waals surface area contributed by atoms with E-state index in [1.807, 2.05) is 6.92 Å². The molecule has 0 aliphatic carbocycles. The maximum atomic E-state index is 12.0. The van der Waals surface area contributed by atoms with E-state index in [0.717, 1.165) is 5.69 Å². The maximum Gasteiger partial charge on any atom is 0.409 e. The molecule has 114 valence electrons. The molecule has 1 aromatic heterocycles. The van der Waals surface area contributed by atoms with Crippen molar-refractivity contribution in [2.45, 2.75) is 32.7 Å². The Kier molecular flexibility index (Phi) is 5.08. The molecule has 2 amide bonds. The van der Waals surface area contributed by atoms with E-state index >= 15 is 0 Å². The summed E-state index contributed by atoms with van der Waals surface area (Å²) in [5, 5.41) is 10.7. The summed E-state index contributed by atoms with van der Waals surface area (Å²) in [6.07, 6.45) is 1.14. The Labute approximate surface area is 123 Å². The molecule has 1 N–H and O–H groups in total. The zero-order chi connectivity index (χ0) is 15.2. The number of amides is 2. The van der Waals surface area contributed by atoms with Crippen molar-refractivity contribution in [1.82, 2.24) is 20.4 Å². The van der Waals surface area contributed by atoms with Crippen molar-refractivity contribution in [1.29, 1.82) is 0 Å². The van der Waals surface area contributed by atoms with E-state index in [9.17, 15) is 9.59 Å². The van der Waals surface area contributed by atoms with Gasteiger partial charge in [0.05, 0.1) is 12.3 Å². The lowest BCUT2D eigenvalue weighted by atomic mass is 10.1. The highest BCUT2D eigenvalue weighted by Gasteiger charge is 2.25. The number of aromatic nitrogens is 2. The Morgan fingerprint density at radius 1 is 1.33 bits per heavy atom. The van der Waals surface area contributed by atoms with E-state index in [1.54, 1.807) is 24.0 Å². The van der Waals surface area contributed by atoms with Crippen molar-refractivity contribution in [3.05, 3.63) is 23.5 Å². The standard InChI is InChI=1S/C14H20N4O3/c1-3-21-14(20)18-8-6-11(7-9-18)15-13(19)12-5-4-10(2)16-17-12/h4-5,11H,3,6-9H2,1-2H3,(H,15,19). The zero-order valence-corrected chi connectivity index (χ0v) is 12.3. The van der Waals surface area contributed by atoms with Crippen LogP contribution in [0.2, 0.25) is 0 Å². The third kappa shape index (κ3) is 4.14. The van der Waals surface area contributed by atoms with Crippen molar-refractivity contribution in [2.75, 3.05) is 19.7 Å². The molecule has 1 aliphatic rings. The minimum Gasteiger partial charge on any atom is -0.450 e. The van der Waals surface area contributed by atoms with Gasteiger partial charge in [-0.05, 0) is 38.8 Å². The van der Waals surface area contributed by atoms with Gasteiger partial charge in [-0.15, -0.1) is 5.10 Å². The Balaban J connectivity index is 1.82. The summed E-state index contributed by atoms with van der Waals surface area (Å²) in [5.74, 6) is -0.225. The van der Waals surface area contributed by atoms with Gasteiger partial charge in [-0.2, -0.15) is 5.10 Å². The summed E-state index contributed by atoms with van der Waals surface area (Å²) in [6.45, 7) is 5.15. The fourth-order valence-electron chi connectivity index (χ4n) is 2.20. The van der Waals surface area contributed by atoms with E-state index in [1.165, 1.54) is 0 Å². The average molecular weight is 292 g/mol.